The smallest absolute Gasteiger partial charge is 0.338 e. The van der Waals surface area contributed by atoms with E-state index in [1.165, 1.54) is 18.2 Å². The van der Waals surface area contributed by atoms with Crippen molar-refractivity contribution in [2.45, 2.75) is 39.2 Å². The van der Waals surface area contributed by atoms with Gasteiger partial charge < -0.3 is 21.1 Å². The van der Waals surface area contributed by atoms with E-state index in [9.17, 15) is 24.8 Å². The highest BCUT2D eigenvalue weighted by Crippen LogP contribution is 2.38. The number of non-ortho nitro benzene ring substituents is 1. The predicted octanol–water partition coefficient (Wildman–Crippen LogP) is 2.29. The Labute approximate surface area is 175 Å². The summed E-state index contributed by atoms with van der Waals surface area (Å²) in [6.45, 7) is 4.50. The Kier molecular flexibility index (Phi) is 7.71. The van der Waals surface area contributed by atoms with E-state index >= 15 is 0 Å². The van der Waals surface area contributed by atoms with E-state index in [0.717, 1.165) is 19.3 Å². The average Bonchev–Trinajstić information content (AvgIpc) is 2.71. The molecule has 1 amide bonds. The number of nitrogens with one attached hydrogen (secondary N) is 1. The van der Waals surface area contributed by atoms with Crippen molar-refractivity contribution >= 4 is 23.1 Å². The molecule has 30 heavy (non-hydrogen) atoms. The molecular weight excluding hydrogens is 388 g/mol. The van der Waals surface area contributed by atoms with E-state index in [1.54, 1.807) is 24.9 Å². The summed E-state index contributed by atoms with van der Waals surface area (Å²) >= 11 is 0. The van der Waals surface area contributed by atoms with Crippen LogP contribution in [-0.4, -0.2) is 53.0 Å². The lowest BCUT2D eigenvalue weighted by molar-refractivity contribution is -0.384. The fourth-order valence-corrected chi connectivity index (χ4v) is 3.57. The summed E-state index contributed by atoms with van der Waals surface area (Å²) in [5, 5.41) is 24.0. The summed E-state index contributed by atoms with van der Waals surface area (Å²) in [5.41, 5.74) is 6.58. The molecule has 0 aliphatic carbocycles. The number of carbonyl (C=O) groups excluding carboxylic acids is 1. The van der Waals surface area contributed by atoms with Gasteiger partial charge in [0.05, 0.1) is 16.5 Å². The lowest BCUT2D eigenvalue weighted by atomic mass is 9.84. The zero-order chi connectivity index (χ0) is 22.4. The van der Waals surface area contributed by atoms with Crippen molar-refractivity contribution in [3.8, 4) is 0 Å². The highest BCUT2D eigenvalue weighted by Gasteiger charge is 2.36. The summed E-state index contributed by atoms with van der Waals surface area (Å²) in [6, 6.07) is 5.30. The number of carboxylic acid groups (broad SMARTS) is 1. The quantitative estimate of drug-likeness (QED) is 0.319. The molecule has 1 aliphatic rings. The lowest BCUT2D eigenvalue weighted by Gasteiger charge is -2.36. The van der Waals surface area contributed by atoms with Gasteiger partial charge in [-0.25, -0.2) is 4.79 Å². The van der Waals surface area contributed by atoms with Crippen molar-refractivity contribution in [2.75, 3.05) is 20.1 Å². The van der Waals surface area contributed by atoms with E-state index in [2.05, 4.69) is 5.32 Å². The third-order valence-electron chi connectivity index (χ3n) is 5.38. The summed E-state index contributed by atoms with van der Waals surface area (Å²) in [6.07, 6.45) is 2.50. The summed E-state index contributed by atoms with van der Waals surface area (Å²) in [4.78, 5) is 37.6. The second kappa shape index (κ2) is 10.0. The van der Waals surface area contributed by atoms with E-state index in [0.29, 0.717) is 24.4 Å². The predicted molar refractivity (Wildman–Crippen MR) is 113 cm³/mol. The van der Waals surface area contributed by atoms with Gasteiger partial charge in [-0.15, -0.1) is 0 Å². The van der Waals surface area contributed by atoms with Crippen LogP contribution in [0.2, 0.25) is 0 Å². The first-order valence-electron chi connectivity index (χ1n) is 9.85. The van der Waals surface area contributed by atoms with Gasteiger partial charge >= 0.3 is 5.97 Å². The number of rotatable bonds is 9. The van der Waals surface area contributed by atoms with Crippen LogP contribution >= 0.6 is 0 Å². The van der Waals surface area contributed by atoms with Crippen molar-refractivity contribution in [1.82, 2.24) is 10.2 Å². The van der Waals surface area contributed by atoms with Crippen LogP contribution in [-0.2, 0) is 9.59 Å². The maximum atomic E-state index is 13.1. The Bertz CT molecular complexity index is 906. The number of nitrogens with zero attached hydrogens (tertiary/aromatic N) is 2. The highest BCUT2D eigenvalue weighted by atomic mass is 16.6. The van der Waals surface area contributed by atoms with Crippen LogP contribution in [0.5, 0.6) is 0 Å². The van der Waals surface area contributed by atoms with E-state index in [-0.39, 0.29) is 28.3 Å². The Morgan fingerprint density at radius 2 is 2.00 bits per heavy atom. The fourth-order valence-electron chi connectivity index (χ4n) is 3.57. The third kappa shape index (κ3) is 4.85. The van der Waals surface area contributed by atoms with Crippen LogP contribution in [0.1, 0.15) is 38.7 Å². The van der Waals surface area contributed by atoms with Crippen molar-refractivity contribution < 1.29 is 19.6 Å². The van der Waals surface area contributed by atoms with Crippen LogP contribution in [0, 0.1) is 10.1 Å². The summed E-state index contributed by atoms with van der Waals surface area (Å²) in [7, 11) is 1.72. The molecule has 9 heteroatoms. The Morgan fingerprint density at radius 3 is 2.60 bits per heavy atom. The van der Waals surface area contributed by atoms with Gasteiger partial charge in [-0.05, 0) is 38.8 Å². The molecule has 0 saturated heterocycles. The Hall–Kier alpha value is -3.20. The van der Waals surface area contributed by atoms with Crippen LogP contribution in [0.25, 0.3) is 5.57 Å². The molecule has 1 aromatic rings. The number of amides is 1. The molecule has 0 saturated carbocycles. The maximum absolute atomic E-state index is 13.1. The third-order valence-corrected chi connectivity index (χ3v) is 5.38. The molecular formula is C21H28N4O5. The van der Waals surface area contributed by atoms with E-state index < -0.39 is 16.9 Å². The van der Waals surface area contributed by atoms with Gasteiger partial charge in [0.15, 0.2) is 0 Å². The molecule has 0 bridgehead atoms. The number of carboxylic acids is 1. The molecule has 162 valence electrons. The first kappa shape index (κ1) is 23.1. The van der Waals surface area contributed by atoms with Crippen molar-refractivity contribution in [3.63, 3.8) is 0 Å². The first-order chi connectivity index (χ1) is 14.2. The number of hydrogen-bond donors (Lipinski definition) is 3. The number of aliphatic carboxylic acids is 1. The van der Waals surface area contributed by atoms with Crippen molar-refractivity contribution in [3.05, 3.63) is 56.8 Å². The van der Waals surface area contributed by atoms with Crippen molar-refractivity contribution in [1.29, 1.82) is 0 Å². The number of nitro benzene ring substituents is 1. The fraction of sp³-hybridized carbons (Fsp3) is 0.429. The number of allylic oxidation sites excluding steroid dienone is 1. The average molecular weight is 416 g/mol. The van der Waals surface area contributed by atoms with Crippen LogP contribution < -0.4 is 11.1 Å². The van der Waals surface area contributed by atoms with Crippen LogP contribution in [0.4, 0.5) is 5.69 Å². The zero-order valence-electron chi connectivity index (χ0n) is 17.5. The van der Waals surface area contributed by atoms with Gasteiger partial charge in [0.1, 0.15) is 0 Å². The second-order valence-corrected chi connectivity index (χ2v) is 7.25. The number of likely N-dealkylation sites (N-methyl/N-ethyl adjacent to an activating group) is 1. The van der Waals surface area contributed by atoms with Crippen molar-refractivity contribution in [2.24, 2.45) is 5.73 Å². The molecule has 1 atom stereocenters. The molecule has 0 aromatic heterocycles. The van der Waals surface area contributed by atoms with Gasteiger partial charge in [0, 0.05) is 42.6 Å². The van der Waals surface area contributed by atoms with Crippen LogP contribution in [0.3, 0.4) is 0 Å². The normalized spacial score (nSPS) is 16.7. The van der Waals surface area contributed by atoms with Gasteiger partial charge in [-0.3, -0.25) is 14.9 Å². The minimum absolute atomic E-state index is 0.0376. The number of benzene rings is 1. The second-order valence-electron chi connectivity index (χ2n) is 7.25. The van der Waals surface area contributed by atoms with E-state index in [4.69, 9.17) is 5.73 Å². The van der Waals surface area contributed by atoms with Gasteiger partial charge in [0.2, 0.25) is 5.91 Å². The number of unbranched alkanes of at least 4 members (excludes halogenated alkanes) is 2. The lowest BCUT2D eigenvalue weighted by Crippen LogP contribution is -2.42. The summed E-state index contributed by atoms with van der Waals surface area (Å²) in [5.74, 6) is -1.57. The molecule has 1 heterocycles. The van der Waals surface area contributed by atoms with Crippen LogP contribution in [0.15, 0.2) is 41.1 Å². The molecule has 1 unspecified atom stereocenters. The van der Waals surface area contributed by atoms with Gasteiger partial charge in [-0.1, -0.05) is 18.6 Å². The minimum Gasteiger partial charge on any atom is -0.478 e. The Balaban J connectivity index is 2.58. The molecule has 1 aliphatic heterocycles. The van der Waals surface area contributed by atoms with E-state index in [1.807, 2.05) is 6.92 Å². The SMILES string of the molecule is CC1=C(C(=O)O)C(c2cccc([N+](=O)[O-])c2)=C(C(=O)NCCCCCN)C(C)N1C. The number of nitrogens with two attached hydrogens (primary N) is 1. The summed E-state index contributed by atoms with van der Waals surface area (Å²) < 4.78 is 0. The molecule has 0 spiro atoms. The largest absolute Gasteiger partial charge is 0.478 e. The molecule has 4 N–H and O–H groups in total. The first-order valence-corrected chi connectivity index (χ1v) is 9.85. The molecule has 0 fully saturated rings. The van der Waals surface area contributed by atoms with Gasteiger partial charge in [-0.2, -0.15) is 0 Å². The number of nitro groups is 1. The molecule has 2 rings (SSSR count). The minimum atomic E-state index is -1.19. The highest BCUT2D eigenvalue weighted by molar-refractivity contribution is 6.15. The maximum Gasteiger partial charge on any atom is 0.338 e. The monoisotopic (exact) mass is 416 g/mol. The molecule has 9 nitrogen and oxygen atoms in total. The zero-order valence-corrected chi connectivity index (χ0v) is 17.5. The number of carbonyl (C=O) groups is 2. The number of hydrogen-bond acceptors (Lipinski definition) is 6. The Morgan fingerprint density at radius 1 is 1.30 bits per heavy atom. The molecule has 1 aromatic carbocycles. The topological polar surface area (TPSA) is 139 Å². The molecule has 0 radical (unpaired) electrons. The van der Waals surface area contributed by atoms with Gasteiger partial charge in [0.25, 0.3) is 5.69 Å². The standard InChI is InChI=1S/C21H28N4O5/c1-13-17(20(26)23-11-6-4-5-10-22)19(18(21(27)28)14(2)24(13)3)15-8-7-9-16(12-15)25(29)30/h7-9,12-13H,4-6,10-11,22H2,1-3H3,(H,23,26)(H,27,28).